The molecule has 0 spiro atoms. The van der Waals surface area contributed by atoms with Crippen LogP contribution in [0.1, 0.15) is 11.1 Å². The second-order valence-corrected chi connectivity index (χ2v) is 5.06. The first-order valence-electron chi connectivity index (χ1n) is 6.46. The summed E-state index contributed by atoms with van der Waals surface area (Å²) < 4.78 is 5.29. The Balaban J connectivity index is 2.78. The van der Waals surface area contributed by atoms with Crippen molar-refractivity contribution in [3.05, 3.63) is 29.3 Å². The second-order valence-electron chi connectivity index (χ2n) is 5.06. The van der Waals surface area contributed by atoms with Crippen LogP contribution in [0.15, 0.2) is 23.4 Å². The van der Waals surface area contributed by atoms with E-state index in [0.29, 0.717) is 11.3 Å². The fourth-order valence-corrected chi connectivity index (χ4v) is 1.86. The fourth-order valence-electron chi connectivity index (χ4n) is 1.86. The maximum Gasteiger partial charge on any atom is 0.173 e. The van der Waals surface area contributed by atoms with Gasteiger partial charge in [0.1, 0.15) is 5.75 Å². The average molecular weight is 280 g/mol. The summed E-state index contributed by atoms with van der Waals surface area (Å²) in [5, 5.41) is 11.7. The summed E-state index contributed by atoms with van der Waals surface area (Å²) in [6, 6.07) is 5.69. The van der Waals surface area contributed by atoms with Crippen LogP contribution >= 0.6 is 0 Å². The first-order valence-corrected chi connectivity index (χ1v) is 6.46. The number of methoxy groups -OCH3 is 1. The standard InChI is InChI=1S/C14H24N4O2/c1-17(2)7-8-18(3)10-11-5-6-12(14(15)16-19)13(9-11)20-4/h5-6,9,19H,7-8,10H2,1-4H3,(H2,15,16). The molecule has 0 unspecified atom stereocenters. The van der Waals surface area contributed by atoms with Crippen LogP contribution < -0.4 is 10.5 Å². The molecule has 0 aromatic heterocycles. The van der Waals surface area contributed by atoms with E-state index in [2.05, 4.69) is 36.1 Å². The van der Waals surface area contributed by atoms with Crippen molar-refractivity contribution in [2.45, 2.75) is 6.54 Å². The summed E-state index contributed by atoms with van der Waals surface area (Å²) in [6.45, 7) is 2.81. The highest BCUT2D eigenvalue weighted by atomic mass is 16.5. The molecule has 0 bridgehead atoms. The Kier molecular flexibility index (Phi) is 6.27. The van der Waals surface area contributed by atoms with Gasteiger partial charge in [-0.3, -0.25) is 0 Å². The summed E-state index contributed by atoms with van der Waals surface area (Å²) in [4.78, 5) is 4.39. The van der Waals surface area contributed by atoms with Crippen LogP contribution in [0.3, 0.4) is 0 Å². The minimum absolute atomic E-state index is 0.0503. The summed E-state index contributed by atoms with van der Waals surface area (Å²) in [5.74, 6) is 0.660. The van der Waals surface area contributed by atoms with Crippen molar-refractivity contribution in [2.24, 2.45) is 10.9 Å². The van der Waals surface area contributed by atoms with E-state index in [1.165, 1.54) is 0 Å². The maximum absolute atomic E-state index is 8.74. The summed E-state index contributed by atoms with van der Waals surface area (Å²) >= 11 is 0. The monoisotopic (exact) mass is 280 g/mol. The normalized spacial score (nSPS) is 12.2. The lowest BCUT2D eigenvalue weighted by Crippen LogP contribution is -2.28. The molecule has 0 saturated carbocycles. The second kappa shape index (κ2) is 7.72. The van der Waals surface area contributed by atoms with Gasteiger partial charge in [0.25, 0.3) is 0 Å². The Morgan fingerprint density at radius 1 is 1.30 bits per heavy atom. The molecular formula is C14H24N4O2. The smallest absolute Gasteiger partial charge is 0.173 e. The Hall–Kier alpha value is -1.79. The molecule has 20 heavy (non-hydrogen) atoms. The molecule has 0 aliphatic carbocycles. The predicted octanol–water partition coefficient (Wildman–Crippen LogP) is 0.783. The van der Waals surface area contributed by atoms with E-state index in [1.807, 2.05) is 18.2 Å². The molecule has 0 amide bonds. The Morgan fingerprint density at radius 2 is 2.00 bits per heavy atom. The molecule has 0 aliphatic heterocycles. The van der Waals surface area contributed by atoms with E-state index >= 15 is 0 Å². The number of hydrogen-bond acceptors (Lipinski definition) is 5. The van der Waals surface area contributed by atoms with Crippen molar-refractivity contribution in [1.29, 1.82) is 0 Å². The lowest BCUT2D eigenvalue weighted by Gasteiger charge is -2.20. The molecule has 0 heterocycles. The minimum Gasteiger partial charge on any atom is -0.496 e. The zero-order valence-corrected chi connectivity index (χ0v) is 12.6. The third-order valence-electron chi connectivity index (χ3n) is 3.03. The maximum atomic E-state index is 8.74. The van der Waals surface area contributed by atoms with E-state index in [0.717, 1.165) is 25.2 Å². The third kappa shape index (κ3) is 4.71. The highest BCUT2D eigenvalue weighted by Crippen LogP contribution is 2.20. The molecule has 112 valence electrons. The first kappa shape index (κ1) is 16.3. The van der Waals surface area contributed by atoms with Gasteiger partial charge in [0.15, 0.2) is 5.84 Å². The number of ether oxygens (including phenoxy) is 1. The quantitative estimate of drug-likeness (QED) is 0.334. The zero-order valence-electron chi connectivity index (χ0n) is 12.6. The van der Waals surface area contributed by atoms with E-state index in [1.54, 1.807) is 7.11 Å². The number of nitrogens with two attached hydrogens (primary N) is 1. The van der Waals surface area contributed by atoms with Gasteiger partial charge in [-0.2, -0.15) is 0 Å². The molecule has 0 atom stereocenters. The van der Waals surface area contributed by atoms with Gasteiger partial charge in [-0.05, 0) is 38.8 Å². The van der Waals surface area contributed by atoms with Crippen LogP contribution in [-0.4, -0.2) is 62.2 Å². The van der Waals surface area contributed by atoms with Gasteiger partial charge in [0.2, 0.25) is 0 Å². The van der Waals surface area contributed by atoms with Crippen molar-refractivity contribution >= 4 is 5.84 Å². The SMILES string of the molecule is COc1cc(CN(C)CCN(C)C)ccc1/C(N)=N/O. The topological polar surface area (TPSA) is 74.3 Å². The zero-order chi connectivity index (χ0) is 15.1. The highest BCUT2D eigenvalue weighted by Gasteiger charge is 2.10. The average Bonchev–Trinajstić information content (AvgIpc) is 2.44. The lowest BCUT2D eigenvalue weighted by atomic mass is 10.1. The molecule has 1 rings (SSSR count). The minimum atomic E-state index is 0.0503. The van der Waals surface area contributed by atoms with E-state index < -0.39 is 0 Å². The summed E-state index contributed by atoms with van der Waals surface area (Å²) in [5.41, 5.74) is 7.32. The van der Waals surface area contributed by atoms with E-state index in [4.69, 9.17) is 15.7 Å². The molecule has 3 N–H and O–H groups in total. The van der Waals surface area contributed by atoms with Crippen LogP contribution in [0.2, 0.25) is 0 Å². The van der Waals surface area contributed by atoms with Crippen LogP contribution in [-0.2, 0) is 6.54 Å². The lowest BCUT2D eigenvalue weighted by molar-refractivity contribution is 0.276. The fraction of sp³-hybridized carbons (Fsp3) is 0.500. The van der Waals surface area contributed by atoms with Gasteiger partial charge in [0.05, 0.1) is 12.7 Å². The van der Waals surface area contributed by atoms with E-state index in [-0.39, 0.29) is 5.84 Å². The molecule has 0 fully saturated rings. The van der Waals surface area contributed by atoms with Crippen molar-refractivity contribution in [2.75, 3.05) is 41.3 Å². The molecule has 1 aromatic rings. The Labute approximate surface area is 120 Å². The van der Waals surface area contributed by atoms with Crippen LogP contribution in [0.4, 0.5) is 0 Å². The molecule has 6 nitrogen and oxygen atoms in total. The number of hydrogen-bond donors (Lipinski definition) is 2. The van der Waals surface area contributed by atoms with Gasteiger partial charge in [-0.25, -0.2) is 0 Å². The van der Waals surface area contributed by atoms with Crippen molar-refractivity contribution in [1.82, 2.24) is 9.80 Å². The Bertz CT molecular complexity index is 460. The number of amidine groups is 1. The highest BCUT2D eigenvalue weighted by molar-refractivity contribution is 5.99. The third-order valence-corrected chi connectivity index (χ3v) is 3.03. The number of nitrogens with zero attached hydrogens (tertiary/aromatic N) is 3. The van der Waals surface area contributed by atoms with E-state index in [9.17, 15) is 0 Å². The number of oxime groups is 1. The van der Waals surface area contributed by atoms with Gasteiger partial charge in [0, 0.05) is 19.6 Å². The van der Waals surface area contributed by atoms with Crippen molar-refractivity contribution in [3.63, 3.8) is 0 Å². The van der Waals surface area contributed by atoms with Gasteiger partial charge >= 0.3 is 0 Å². The van der Waals surface area contributed by atoms with Gasteiger partial charge in [-0.1, -0.05) is 11.2 Å². The number of likely N-dealkylation sites (N-methyl/N-ethyl adjacent to an activating group) is 2. The molecular weight excluding hydrogens is 256 g/mol. The first-order chi connectivity index (χ1) is 9.47. The molecule has 6 heteroatoms. The van der Waals surface area contributed by atoms with Gasteiger partial charge < -0.3 is 25.5 Å². The molecule has 0 saturated heterocycles. The predicted molar refractivity (Wildman–Crippen MR) is 80.4 cm³/mol. The summed E-state index contributed by atoms with van der Waals surface area (Å²) in [7, 11) is 7.77. The molecule has 0 radical (unpaired) electrons. The van der Waals surface area contributed by atoms with Crippen LogP contribution in [0, 0.1) is 0 Å². The summed E-state index contributed by atoms with van der Waals surface area (Å²) in [6.07, 6.45) is 0. The molecule has 0 aliphatic rings. The number of rotatable bonds is 7. The number of benzene rings is 1. The largest absolute Gasteiger partial charge is 0.496 e. The van der Waals surface area contributed by atoms with Crippen molar-refractivity contribution < 1.29 is 9.94 Å². The molecule has 1 aromatic carbocycles. The van der Waals surface area contributed by atoms with Crippen molar-refractivity contribution in [3.8, 4) is 5.75 Å². The van der Waals surface area contributed by atoms with Crippen LogP contribution in [0.5, 0.6) is 5.75 Å². The Morgan fingerprint density at radius 3 is 2.55 bits per heavy atom. The van der Waals surface area contributed by atoms with Gasteiger partial charge in [-0.15, -0.1) is 0 Å². The van der Waals surface area contributed by atoms with Crippen LogP contribution in [0.25, 0.3) is 0 Å².